The highest BCUT2D eigenvalue weighted by Gasteiger charge is 2.12. The van der Waals surface area contributed by atoms with Gasteiger partial charge in [-0.3, -0.25) is 9.38 Å². The van der Waals surface area contributed by atoms with Crippen LogP contribution in [0.15, 0.2) is 42.7 Å². The number of nitrogens with zero attached hydrogens (tertiary/aromatic N) is 3. The Morgan fingerprint density at radius 3 is 2.83 bits per heavy atom. The number of aryl methyl sites for hydroxylation is 1. The van der Waals surface area contributed by atoms with Crippen LogP contribution in [0.3, 0.4) is 0 Å². The molecule has 0 unspecified atom stereocenters. The summed E-state index contributed by atoms with van der Waals surface area (Å²) in [6, 6.07) is 9.79. The van der Waals surface area contributed by atoms with Gasteiger partial charge in [0.25, 0.3) is 0 Å². The minimum Gasteiger partial charge on any atom is -0.494 e. The van der Waals surface area contributed by atoms with E-state index in [-0.39, 0.29) is 0 Å². The first-order valence-corrected chi connectivity index (χ1v) is 5.73. The Bertz CT molecular complexity index is 703. The maximum Gasteiger partial charge on any atom is 0.146 e. The van der Waals surface area contributed by atoms with E-state index in [1.54, 1.807) is 13.3 Å². The molecule has 0 N–H and O–H groups in total. The van der Waals surface area contributed by atoms with Crippen LogP contribution >= 0.6 is 0 Å². The monoisotopic (exact) mass is 239 g/mol. The summed E-state index contributed by atoms with van der Waals surface area (Å²) in [6.45, 7) is 2.05. The molecule has 3 aromatic rings. The van der Waals surface area contributed by atoms with Crippen molar-refractivity contribution >= 4 is 5.65 Å². The summed E-state index contributed by atoms with van der Waals surface area (Å²) in [5, 5.41) is 0. The van der Waals surface area contributed by atoms with Crippen LogP contribution in [0, 0.1) is 6.92 Å². The highest BCUT2D eigenvalue weighted by atomic mass is 16.5. The molecular weight excluding hydrogens is 226 g/mol. The van der Waals surface area contributed by atoms with E-state index in [9.17, 15) is 0 Å². The van der Waals surface area contributed by atoms with Gasteiger partial charge in [0.2, 0.25) is 0 Å². The molecule has 0 radical (unpaired) electrons. The zero-order valence-electron chi connectivity index (χ0n) is 10.3. The molecule has 0 bridgehead atoms. The highest BCUT2D eigenvalue weighted by molar-refractivity contribution is 5.66. The van der Waals surface area contributed by atoms with Gasteiger partial charge in [0.1, 0.15) is 17.1 Å². The van der Waals surface area contributed by atoms with Gasteiger partial charge < -0.3 is 4.74 Å². The summed E-state index contributed by atoms with van der Waals surface area (Å²) in [7, 11) is 1.65. The molecule has 0 aromatic carbocycles. The van der Waals surface area contributed by atoms with E-state index < -0.39 is 0 Å². The lowest BCUT2D eigenvalue weighted by Crippen LogP contribution is -1.96. The molecule has 18 heavy (non-hydrogen) atoms. The molecule has 0 spiro atoms. The fraction of sp³-hybridized carbons (Fsp3) is 0.143. The lowest BCUT2D eigenvalue weighted by atomic mass is 10.2. The fourth-order valence-corrected chi connectivity index (χ4v) is 2.12. The minimum atomic E-state index is 0.752. The molecule has 0 aliphatic carbocycles. The molecule has 0 amide bonds. The van der Waals surface area contributed by atoms with E-state index in [1.165, 1.54) is 0 Å². The van der Waals surface area contributed by atoms with Crippen LogP contribution in [-0.4, -0.2) is 21.5 Å². The lowest BCUT2D eigenvalue weighted by Gasteiger charge is -2.08. The van der Waals surface area contributed by atoms with Gasteiger partial charge in [0.15, 0.2) is 0 Å². The van der Waals surface area contributed by atoms with Crippen LogP contribution in [0.1, 0.15) is 5.69 Å². The standard InChI is InChI=1S/C14H13N3O/c1-10-5-3-7-13-16-9-11(17(10)13)14-12(18-2)6-4-8-15-14/h3-9H,1-2H3. The highest BCUT2D eigenvalue weighted by Crippen LogP contribution is 2.28. The first-order chi connectivity index (χ1) is 8.81. The topological polar surface area (TPSA) is 39.4 Å². The number of pyridine rings is 2. The maximum absolute atomic E-state index is 5.35. The van der Waals surface area contributed by atoms with Crippen LogP contribution in [0.25, 0.3) is 17.0 Å². The van der Waals surface area contributed by atoms with Crippen molar-refractivity contribution in [3.05, 3.63) is 48.4 Å². The SMILES string of the molecule is COc1cccnc1-c1cnc2cccc(C)n12. The predicted molar refractivity (Wildman–Crippen MR) is 69.7 cm³/mol. The average molecular weight is 239 g/mol. The lowest BCUT2D eigenvalue weighted by molar-refractivity contribution is 0.414. The Morgan fingerprint density at radius 2 is 2.00 bits per heavy atom. The van der Waals surface area contributed by atoms with Crippen molar-refractivity contribution in [2.24, 2.45) is 0 Å². The predicted octanol–water partition coefficient (Wildman–Crippen LogP) is 2.71. The average Bonchev–Trinajstić information content (AvgIpc) is 2.84. The Morgan fingerprint density at radius 1 is 1.11 bits per heavy atom. The number of hydrogen-bond donors (Lipinski definition) is 0. The molecule has 3 heterocycles. The number of fused-ring (bicyclic) bond motifs is 1. The van der Waals surface area contributed by atoms with Gasteiger partial charge in [-0.25, -0.2) is 4.98 Å². The van der Waals surface area contributed by atoms with Gasteiger partial charge in [-0.2, -0.15) is 0 Å². The van der Waals surface area contributed by atoms with Gasteiger partial charge in [-0.15, -0.1) is 0 Å². The van der Waals surface area contributed by atoms with Crippen LogP contribution in [0.4, 0.5) is 0 Å². The van der Waals surface area contributed by atoms with E-state index in [0.29, 0.717) is 0 Å². The summed E-state index contributed by atoms with van der Waals surface area (Å²) in [4.78, 5) is 8.80. The van der Waals surface area contributed by atoms with Gasteiger partial charge in [-0.05, 0) is 31.2 Å². The Labute approximate surface area is 105 Å². The molecule has 4 nitrogen and oxygen atoms in total. The number of hydrogen-bond acceptors (Lipinski definition) is 3. The second kappa shape index (κ2) is 4.14. The third-order valence-electron chi connectivity index (χ3n) is 2.96. The first-order valence-electron chi connectivity index (χ1n) is 5.73. The normalized spacial score (nSPS) is 10.8. The first kappa shape index (κ1) is 10.8. The molecule has 90 valence electrons. The summed E-state index contributed by atoms with van der Waals surface area (Å²) in [5.41, 5.74) is 3.78. The molecule has 3 aromatic heterocycles. The number of rotatable bonds is 2. The summed E-state index contributed by atoms with van der Waals surface area (Å²) >= 11 is 0. The van der Waals surface area contributed by atoms with Crippen molar-refractivity contribution in [2.45, 2.75) is 6.92 Å². The molecule has 0 fully saturated rings. The quantitative estimate of drug-likeness (QED) is 0.690. The Balaban J connectivity index is 2.32. The minimum absolute atomic E-state index is 0.752. The van der Waals surface area contributed by atoms with E-state index in [2.05, 4.69) is 14.4 Å². The second-order valence-corrected chi connectivity index (χ2v) is 4.06. The van der Waals surface area contributed by atoms with Crippen molar-refractivity contribution in [1.29, 1.82) is 0 Å². The van der Waals surface area contributed by atoms with Crippen molar-refractivity contribution in [3.63, 3.8) is 0 Å². The Kier molecular flexibility index (Phi) is 2.48. The molecular formula is C14H13N3O. The molecule has 3 rings (SSSR count). The largest absolute Gasteiger partial charge is 0.494 e. The molecule has 0 aliphatic rings. The van der Waals surface area contributed by atoms with Crippen molar-refractivity contribution in [2.75, 3.05) is 7.11 Å². The zero-order valence-corrected chi connectivity index (χ0v) is 10.3. The molecule has 4 heteroatoms. The van der Waals surface area contributed by atoms with E-state index in [1.807, 2.05) is 43.5 Å². The number of methoxy groups -OCH3 is 1. The van der Waals surface area contributed by atoms with Crippen LogP contribution < -0.4 is 4.74 Å². The van der Waals surface area contributed by atoms with Gasteiger partial charge >= 0.3 is 0 Å². The zero-order chi connectivity index (χ0) is 12.5. The van der Waals surface area contributed by atoms with Gasteiger partial charge in [-0.1, -0.05) is 6.07 Å². The summed E-state index contributed by atoms with van der Waals surface area (Å²) in [5.74, 6) is 0.752. The summed E-state index contributed by atoms with van der Waals surface area (Å²) in [6.07, 6.45) is 3.59. The number of aromatic nitrogens is 3. The Hall–Kier alpha value is -2.36. The van der Waals surface area contributed by atoms with Crippen molar-refractivity contribution in [3.8, 4) is 17.1 Å². The molecule has 0 atom stereocenters. The summed E-state index contributed by atoms with van der Waals surface area (Å²) < 4.78 is 7.43. The fourth-order valence-electron chi connectivity index (χ4n) is 2.12. The van der Waals surface area contributed by atoms with Gasteiger partial charge in [0, 0.05) is 11.9 Å². The molecule has 0 saturated heterocycles. The van der Waals surface area contributed by atoms with Crippen molar-refractivity contribution < 1.29 is 4.74 Å². The number of imidazole rings is 1. The third kappa shape index (κ3) is 1.54. The van der Waals surface area contributed by atoms with E-state index in [4.69, 9.17) is 4.74 Å². The number of ether oxygens (including phenoxy) is 1. The smallest absolute Gasteiger partial charge is 0.146 e. The van der Waals surface area contributed by atoms with Crippen LogP contribution in [0.5, 0.6) is 5.75 Å². The van der Waals surface area contributed by atoms with Crippen molar-refractivity contribution in [1.82, 2.24) is 14.4 Å². The molecule has 0 aliphatic heterocycles. The second-order valence-electron chi connectivity index (χ2n) is 4.06. The van der Waals surface area contributed by atoms with Crippen LogP contribution in [0.2, 0.25) is 0 Å². The van der Waals surface area contributed by atoms with Gasteiger partial charge in [0.05, 0.1) is 19.0 Å². The molecule has 0 saturated carbocycles. The van der Waals surface area contributed by atoms with E-state index >= 15 is 0 Å². The van der Waals surface area contributed by atoms with E-state index in [0.717, 1.165) is 28.5 Å². The maximum atomic E-state index is 5.35. The third-order valence-corrected chi connectivity index (χ3v) is 2.96. The van der Waals surface area contributed by atoms with Crippen LogP contribution in [-0.2, 0) is 0 Å².